The van der Waals surface area contributed by atoms with E-state index in [4.69, 9.17) is 5.11 Å². The van der Waals surface area contributed by atoms with Crippen LogP contribution < -0.4 is 5.32 Å². The summed E-state index contributed by atoms with van der Waals surface area (Å²) < 4.78 is 23.1. The van der Waals surface area contributed by atoms with Crippen LogP contribution in [0, 0.1) is 5.92 Å². The number of amides is 1. The van der Waals surface area contributed by atoms with E-state index in [1.165, 1.54) is 0 Å². The molecular weight excluding hydrogens is 292 g/mol. The van der Waals surface area contributed by atoms with Gasteiger partial charge in [-0.15, -0.1) is 0 Å². The van der Waals surface area contributed by atoms with Gasteiger partial charge in [-0.3, -0.25) is 4.79 Å². The molecule has 7 heteroatoms. The predicted octanol–water partition coefficient (Wildman–Crippen LogP) is -0.226. The summed E-state index contributed by atoms with van der Waals surface area (Å²) in [6.45, 7) is 2.15. The Balaban J connectivity index is 1.86. The molecule has 2 N–H and O–H groups in total. The van der Waals surface area contributed by atoms with E-state index in [1.54, 1.807) is 4.90 Å². The van der Waals surface area contributed by atoms with Gasteiger partial charge in [-0.05, 0) is 44.7 Å². The highest BCUT2D eigenvalue weighted by atomic mass is 32.2. The number of nitrogens with one attached hydrogen (secondary N) is 1. The van der Waals surface area contributed by atoms with Crippen LogP contribution in [0.3, 0.4) is 0 Å². The van der Waals surface area contributed by atoms with Gasteiger partial charge in [-0.25, -0.2) is 8.42 Å². The van der Waals surface area contributed by atoms with Crippen LogP contribution in [-0.4, -0.2) is 68.1 Å². The van der Waals surface area contributed by atoms with Crippen molar-refractivity contribution in [2.24, 2.45) is 5.92 Å². The molecule has 2 rings (SSSR count). The van der Waals surface area contributed by atoms with Gasteiger partial charge in [0.1, 0.15) is 0 Å². The number of carbonyl (C=O) groups excluding carboxylic acids is 1. The van der Waals surface area contributed by atoms with Crippen molar-refractivity contribution in [1.29, 1.82) is 0 Å². The Labute approximate surface area is 126 Å². The summed E-state index contributed by atoms with van der Waals surface area (Å²) in [4.78, 5) is 14.0. The van der Waals surface area contributed by atoms with Gasteiger partial charge >= 0.3 is 0 Å². The molecule has 1 atom stereocenters. The number of rotatable bonds is 6. The van der Waals surface area contributed by atoms with E-state index in [9.17, 15) is 13.2 Å². The van der Waals surface area contributed by atoms with Crippen molar-refractivity contribution in [2.75, 3.05) is 37.7 Å². The van der Waals surface area contributed by atoms with Gasteiger partial charge in [-0.2, -0.15) is 0 Å². The lowest BCUT2D eigenvalue weighted by Gasteiger charge is -2.29. The summed E-state index contributed by atoms with van der Waals surface area (Å²) >= 11 is 0. The summed E-state index contributed by atoms with van der Waals surface area (Å²) in [6.07, 6.45) is 4.03. The first-order chi connectivity index (χ1) is 10.0. The molecule has 6 nitrogen and oxygen atoms in total. The minimum absolute atomic E-state index is 0.00955. The third-order valence-electron chi connectivity index (χ3n) is 4.54. The van der Waals surface area contributed by atoms with Crippen LogP contribution in [0.4, 0.5) is 0 Å². The van der Waals surface area contributed by atoms with Gasteiger partial charge in [-0.1, -0.05) is 0 Å². The van der Waals surface area contributed by atoms with E-state index in [0.717, 1.165) is 32.4 Å². The quantitative estimate of drug-likeness (QED) is 0.707. The smallest absolute Gasteiger partial charge is 0.222 e. The van der Waals surface area contributed by atoms with Crippen molar-refractivity contribution >= 4 is 15.7 Å². The molecule has 2 fully saturated rings. The molecule has 2 aliphatic heterocycles. The van der Waals surface area contributed by atoms with E-state index in [2.05, 4.69) is 5.32 Å². The van der Waals surface area contributed by atoms with E-state index in [1.807, 2.05) is 0 Å². The zero-order valence-electron chi connectivity index (χ0n) is 12.5. The van der Waals surface area contributed by atoms with Crippen molar-refractivity contribution < 1.29 is 18.3 Å². The van der Waals surface area contributed by atoms with Gasteiger partial charge in [0.2, 0.25) is 5.91 Å². The minimum Gasteiger partial charge on any atom is -0.395 e. The molecule has 1 unspecified atom stereocenters. The standard InChI is InChI=1S/C14H26N2O4S/c17-9-8-16(13-5-10-21(19,20)11-13)14(18)2-1-12-3-6-15-7-4-12/h12-13,15,17H,1-11H2. The Hall–Kier alpha value is -0.660. The van der Waals surface area contributed by atoms with Gasteiger partial charge in [0.15, 0.2) is 9.84 Å². The van der Waals surface area contributed by atoms with Crippen LogP contribution >= 0.6 is 0 Å². The van der Waals surface area contributed by atoms with E-state index in [0.29, 0.717) is 18.8 Å². The molecule has 0 bridgehead atoms. The molecule has 0 aromatic rings. The Morgan fingerprint density at radius 2 is 1.95 bits per heavy atom. The first-order valence-electron chi connectivity index (χ1n) is 7.83. The number of piperidine rings is 1. The highest BCUT2D eigenvalue weighted by molar-refractivity contribution is 7.91. The molecular formula is C14H26N2O4S. The predicted molar refractivity (Wildman–Crippen MR) is 80.7 cm³/mol. The van der Waals surface area contributed by atoms with Crippen LogP contribution in [0.1, 0.15) is 32.1 Å². The maximum Gasteiger partial charge on any atom is 0.222 e. The summed E-state index contributed by atoms with van der Waals surface area (Å²) in [5, 5.41) is 12.4. The average molecular weight is 318 g/mol. The average Bonchev–Trinajstić information content (AvgIpc) is 2.83. The lowest BCUT2D eigenvalue weighted by molar-refractivity contribution is -0.134. The summed E-state index contributed by atoms with van der Waals surface area (Å²) in [5.41, 5.74) is 0. The van der Waals surface area contributed by atoms with Crippen molar-refractivity contribution in [1.82, 2.24) is 10.2 Å². The highest BCUT2D eigenvalue weighted by Gasteiger charge is 2.34. The largest absolute Gasteiger partial charge is 0.395 e. The maximum absolute atomic E-state index is 12.4. The summed E-state index contributed by atoms with van der Waals surface area (Å²) in [6, 6.07) is -0.248. The maximum atomic E-state index is 12.4. The molecule has 1 amide bonds. The number of hydrogen-bond donors (Lipinski definition) is 2. The van der Waals surface area contributed by atoms with Crippen LogP contribution in [0.15, 0.2) is 0 Å². The molecule has 122 valence electrons. The first kappa shape index (κ1) is 16.7. The second-order valence-electron chi connectivity index (χ2n) is 6.10. The van der Waals surface area contributed by atoms with Gasteiger partial charge in [0.05, 0.1) is 18.1 Å². The number of sulfone groups is 1. The lowest BCUT2D eigenvalue weighted by Crippen LogP contribution is -2.43. The van der Waals surface area contributed by atoms with Crippen molar-refractivity contribution in [2.45, 2.75) is 38.1 Å². The lowest BCUT2D eigenvalue weighted by atomic mass is 9.93. The monoisotopic (exact) mass is 318 g/mol. The zero-order chi connectivity index (χ0) is 15.3. The minimum atomic E-state index is -3.01. The van der Waals surface area contributed by atoms with Gasteiger partial charge < -0.3 is 15.3 Å². The van der Waals surface area contributed by atoms with E-state index < -0.39 is 9.84 Å². The zero-order valence-corrected chi connectivity index (χ0v) is 13.3. The molecule has 0 aromatic heterocycles. The summed E-state index contributed by atoms with van der Waals surface area (Å²) in [7, 11) is -3.01. The highest BCUT2D eigenvalue weighted by Crippen LogP contribution is 2.22. The third kappa shape index (κ3) is 4.93. The fourth-order valence-corrected chi connectivity index (χ4v) is 5.01. The van der Waals surface area contributed by atoms with Gasteiger partial charge in [0.25, 0.3) is 0 Å². The third-order valence-corrected chi connectivity index (χ3v) is 6.29. The molecule has 21 heavy (non-hydrogen) atoms. The van der Waals surface area contributed by atoms with E-state index in [-0.39, 0.29) is 36.6 Å². The SMILES string of the molecule is O=C(CCC1CCNCC1)N(CCO)C1CCS(=O)(=O)C1. The van der Waals surface area contributed by atoms with Crippen LogP contribution in [-0.2, 0) is 14.6 Å². The number of nitrogens with zero attached hydrogens (tertiary/aromatic N) is 1. The normalized spacial score (nSPS) is 25.9. The fraction of sp³-hybridized carbons (Fsp3) is 0.929. The molecule has 2 saturated heterocycles. The Bertz CT molecular complexity index is 446. The number of carbonyl (C=O) groups is 1. The second-order valence-corrected chi connectivity index (χ2v) is 8.33. The number of aliphatic hydroxyl groups is 1. The molecule has 0 spiro atoms. The molecule has 0 radical (unpaired) electrons. The molecule has 0 aromatic carbocycles. The van der Waals surface area contributed by atoms with Crippen molar-refractivity contribution in [3.8, 4) is 0 Å². The fourth-order valence-electron chi connectivity index (χ4n) is 3.28. The number of aliphatic hydroxyl groups excluding tert-OH is 1. The molecule has 0 saturated carbocycles. The molecule has 2 aliphatic rings. The van der Waals surface area contributed by atoms with E-state index >= 15 is 0 Å². The topological polar surface area (TPSA) is 86.7 Å². The van der Waals surface area contributed by atoms with Crippen LogP contribution in [0.25, 0.3) is 0 Å². The molecule has 2 heterocycles. The molecule has 0 aliphatic carbocycles. The Morgan fingerprint density at radius 1 is 1.24 bits per heavy atom. The summed E-state index contributed by atoms with van der Waals surface area (Å²) in [5.74, 6) is 0.774. The van der Waals surface area contributed by atoms with Crippen molar-refractivity contribution in [3.63, 3.8) is 0 Å². The Kier molecular flexibility index (Phi) is 6.01. The van der Waals surface area contributed by atoms with Crippen molar-refractivity contribution in [3.05, 3.63) is 0 Å². The van der Waals surface area contributed by atoms with Crippen LogP contribution in [0.5, 0.6) is 0 Å². The number of hydrogen-bond acceptors (Lipinski definition) is 5. The second kappa shape index (κ2) is 7.56. The van der Waals surface area contributed by atoms with Gasteiger partial charge in [0, 0.05) is 19.0 Å². The Morgan fingerprint density at radius 3 is 2.52 bits per heavy atom. The van der Waals surface area contributed by atoms with Crippen LogP contribution in [0.2, 0.25) is 0 Å². The first-order valence-corrected chi connectivity index (χ1v) is 9.65.